The summed E-state index contributed by atoms with van der Waals surface area (Å²) < 4.78 is 0. The van der Waals surface area contributed by atoms with Crippen molar-refractivity contribution in [2.45, 2.75) is 20.8 Å². The van der Waals surface area contributed by atoms with Gasteiger partial charge in [0.1, 0.15) is 5.00 Å². The van der Waals surface area contributed by atoms with E-state index in [9.17, 15) is 14.9 Å². The van der Waals surface area contributed by atoms with Crippen molar-refractivity contribution >= 4 is 50.0 Å². The van der Waals surface area contributed by atoms with Gasteiger partial charge in [-0.2, -0.15) is 0 Å². The molecule has 0 aliphatic rings. The monoisotopic (exact) mass is 380 g/mol. The van der Waals surface area contributed by atoms with Gasteiger partial charge in [-0.1, -0.05) is 0 Å². The standard InChI is InChI=1S/C12H19N3O.C4H5N3O2S/c1-4-15(5-2)10-6-7-11(13)12(8-10)14-9(3)16;5-2-1-3(7(8)9)10-4(2)6/h6-8H,4-5,13H2,1-3H3,(H,14,16);1H,5-6H2. The lowest BCUT2D eigenvalue weighted by molar-refractivity contribution is -0.380. The van der Waals surface area contributed by atoms with Crippen LogP contribution >= 0.6 is 11.3 Å². The number of nitrogens with one attached hydrogen (secondary N) is 1. The second kappa shape index (κ2) is 9.47. The Hall–Kier alpha value is -3.01. The number of anilines is 5. The maximum Gasteiger partial charge on any atom is 0.328 e. The Bertz CT molecular complexity index is 754. The van der Waals surface area contributed by atoms with Gasteiger partial charge in [0.25, 0.3) is 0 Å². The van der Waals surface area contributed by atoms with Crippen molar-refractivity contribution < 1.29 is 9.72 Å². The predicted molar refractivity (Wildman–Crippen MR) is 109 cm³/mol. The minimum absolute atomic E-state index is 0.0185. The van der Waals surface area contributed by atoms with Crippen molar-refractivity contribution in [1.29, 1.82) is 0 Å². The molecule has 7 N–H and O–H groups in total. The summed E-state index contributed by atoms with van der Waals surface area (Å²) >= 11 is 0.876. The minimum atomic E-state index is -0.516. The smallest absolute Gasteiger partial charge is 0.328 e. The maximum absolute atomic E-state index is 11.0. The van der Waals surface area contributed by atoms with Crippen LogP contribution in [0.15, 0.2) is 24.3 Å². The van der Waals surface area contributed by atoms with Crippen LogP contribution in [-0.2, 0) is 4.79 Å². The van der Waals surface area contributed by atoms with Gasteiger partial charge in [0, 0.05) is 25.7 Å². The molecule has 0 bridgehead atoms. The number of benzene rings is 1. The second-order valence-corrected chi connectivity index (χ2v) is 6.35. The Morgan fingerprint density at radius 2 is 1.81 bits per heavy atom. The topological polar surface area (TPSA) is 154 Å². The summed E-state index contributed by atoms with van der Waals surface area (Å²) in [5.74, 6) is -0.108. The summed E-state index contributed by atoms with van der Waals surface area (Å²) in [6.45, 7) is 7.53. The van der Waals surface area contributed by atoms with Crippen LogP contribution in [0.25, 0.3) is 0 Å². The van der Waals surface area contributed by atoms with Gasteiger partial charge < -0.3 is 27.4 Å². The molecule has 0 aliphatic carbocycles. The van der Waals surface area contributed by atoms with Crippen molar-refractivity contribution in [1.82, 2.24) is 0 Å². The van der Waals surface area contributed by atoms with Crippen molar-refractivity contribution in [3.8, 4) is 0 Å². The van der Waals surface area contributed by atoms with Gasteiger partial charge in [0.15, 0.2) is 0 Å². The number of amides is 1. The van der Waals surface area contributed by atoms with Crippen LogP contribution in [0.1, 0.15) is 20.8 Å². The molecule has 0 saturated carbocycles. The SMILES string of the molecule is CCN(CC)c1ccc(N)c(NC(C)=O)c1.Nc1cc([N+](=O)[O-])sc1N. The molecule has 0 atom stereocenters. The molecule has 1 aromatic heterocycles. The molecule has 2 rings (SSSR count). The molecule has 142 valence electrons. The van der Waals surface area contributed by atoms with E-state index in [-0.39, 0.29) is 16.6 Å². The van der Waals surface area contributed by atoms with E-state index in [1.165, 1.54) is 13.0 Å². The lowest BCUT2D eigenvalue weighted by Gasteiger charge is -2.22. The van der Waals surface area contributed by atoms with Crippen molar-refractivity contribution in [2.24, 2.45) is 0 Å². The number of carbonyl (C=O) groups is 1. The van der Waals surface area contributed by atoms with Gasteiger partial charge in [-0.25, -0.2) is 0 Å². The molecule has 0 spiro atoms. The largest absolute Gasteiger partial charge is 0.397 e. The number of nitrogens with zero attached hydrogens (tertiary/aromatic N) is 2. The van der Waals surface area contributed by atoms with Crippen LogP contribution < -0.4 is 27.4 Å². The third-order valence-electron chi connectivity index (χ3n) is 3.43. The Labute approximate surface area is 155 Å². The summed E-state index contributed by atoms with van der Waals surface area (Å²) in [6.07, 6.45) is 0. The first-order valence-electron chi connectivity index (χ1n) is 7.90. The van der Waals surface area contributed by atoms with Gasteiger partial charge in [-0.3, -0.25) is 14.9 Å². The highest BCUT2D eigenvalue weighted by atomic mass is 32.1. The first kappa shape index (κ1) is 21.0. The molecule has 0 radical (unpaired) electrons. The summed E-state index contributed by atoms with van der Waals surface area (Å²) in [5, 5.41) is 13.1. The van der Waals surface area contributed by atoms with Crippen LogP contribution in [-0.4, -0.2) is 23.9 Å². The maximum atomic E-state index is 11.0. The van der Waals surface area contributed by atoms with E-state index in [4.69, 9.17) is 17.2 Å². The van der Waals surface area contributed by atoms with Crippen LogP contribution in [0.3, 0.4) is 0 Å². The van der Waals surface area contributed by atoms with Crippen LogP contribution in [0.2, 0.25) is 0 Å². The van der Waals surface area contributed by atoms with Crippen molar-refractivity contribution in [3.05, 3.63) is 34.4 Å². The van der Waals surface area contributed by atoms with Gasteiger partial charge in [0.05, 0.1) is 28.1 Å². The summed E-state index contributed by atoms with van der Waals surface area (Å²) in [5.41, 5.74) is 18.9. The fraction of sp³-hybridized carbons (Fsp3) is 0.312. The summed E-state index contributed by atoms with van der Waals surface area (Å²) in [4.78, 5) is 22.8. The molecule has 0 aliphatic heterocycles. The number of thiophene rings is 1. The fourth-order valence-electron chi connectivity index (χ4n) is 2.12. The highest BCUT2D eigenvalue weighted by Crippen LogP contribution is 2.32. The number of hydrogen-bond acceptors (Lipinski definition) is 8. The zero-order valence-corrected chi connectivity index (χ0v) is 15.8. The molecule has 0 saturated heterocycles. The van der Waals surface area contributed by atoms with E-state index in [0.29, 0.717) is 16.4 Å². The number of nitrogens with two attached hydrogens (primary N) is 3. The molecular formula is C16H24N6O3S. The number of rotatable bonds is 5. The molecule has 9 nitrogen and oxygen atoms in total. The molecule has 1 amide bonds. The fourth-order valence-corrected chi connectivity index (χ4v) is 2.79. The third kappa shape index (κ3) is 5.81. The van der Waals surface area contributed by atoms with Crippen LogP contribution in [0.4, 0.5) is 32.8 Å². The van der Waals surface area contributed by atoms with Crippen LogP contribution in [0, 0.1) is 10.1 Å². The van der Waals surface area contributed by atoms with E-state index in [1.54, 1.807) is 0 Å². The number of nitrogen functional groups attached to an aromatic ring is 3. The zero-order valence-electron chi connectivity index (χ0n) is 15.0. The van der Waals surface area contributed by atoms with E-state index in [2.05, 4.69) is 24.1 Å². The second-order valence-electron chi connectivity index (χ2n) is 5.29. The zero-order chi connectivity index (χ0) is 19.9. The van der Waals surface area contributed by atoms with E-state index in [1.807, 2.05) is 18.2 Å². The van der Waals surface area contributed by atoms with Gasteiger partial charge in [-0.15, -0.1) is 0 Å². The van der Waals surface area contributed by atoms with E-state index >= 15 is 0 Å². The molecule has 26 heavy (non-hydrogen) atoms. The quantitative estimate of drug-likeness (QED) is 0.353. The Balaban J connectivity index is 0.000000289. The molecule has 1 aromatic carbocycles. The highest BCUT2D eigenvalue weighted by Gasteiger charge is 2.11. The average Bonchev–Trinajstić information content (AvgIpc) is 2.91. The Morgan fingerprint density at radius 1 is 1.19 bits per heavy atom. The highest BCUT2D eigenvalue weighted by molar-refractivity contribution is 7.19. The average molecular weight is 380 g/mol. The molecule has 10 heteroatoms. The van der Waals surface area contributed by atoms with Gasteiger partial charge >= 0.3 is 5.00 Å². The van der Waals surface area contributed by atoms with E-state index < -0.39 is 4.92 Å². The third-order valence-corrected chi connectivity index (χ3v) is 4.37. The number of carbonyl (C=O) groups excluding carboxylic acids is 1. The number of hydrogen-bond donors (Lipinski definition) is 4. The number of nitro groups is 1. The van der Waals surface area contributed by atoms with Gasteiger partial charge in [-0.05, 0) is 43.4 Å². The molecule has 0 unspecified atom stereocenters. The predicted octanol–water partition coefficient (Wildman–Crippen LogP) is 2.89. The van der Waals surface area contributed by atoms with Crippen LogP contribution in [0.5, 0.6) is 0 Å². The lowest BCUT2D eigenvalue weighted by Crippen LogP contribution is -2.22. The first-order valence-corrected chi connectivity index (χ1v) is 8.72. The normalized spacial score (nSPS) is 9.81. The van der Waals surface area contributed by atoms with Crippen molar-refractivity contribution in [3.63, 3.8) is 0 Å². The van der Waals surface area contributed by atoms with E-state index in [0.717, 1.165) is 30.1 Å². The molecule has 1 heterocycles. The molecule has 0 fully saturated rings. The Morgan fingerprint density at radius 3 is 2.19 bits per heavy atom. The summed E-state index contributed by atoms with van der Waals surface area (Å²) in [7, 11) is 0. The minimum Gasteiger partial charge on any atom is -0.397 e. The van der Waals surface area contributed by atoms with Gasteiger partial charge in [0.2, 0.25) is 5.91 Å². The molecular weight excluding hydrogens is 356 g/mol. The Kier molecular flexibility index (Phi) is 7.66. The first-order chi connectivity index (χ1) is 12.2. The lowest BCUT2D eigenvalue weighted by atomic mass is 10.2. The summed E-state index contributed by atoms with van der Waals surface area (Å²) in [6, 6.07) is 6.94. The van der Waals surface area contributed by atoms with Crippen molar-refractivity contribution in [2.75, 3.05) is 40.5 Å². The molecule has 2 aromatic rings.